The number of Topliss-reactive ketones (excluding diaryl/α,β-unsaturated/α-hetero) is 1. The van der Waals surface area contributed by atoms with Crippen molar-refractivity contribution in [1.82, 2.24) is 5.32 Å². The fourth-order valence-electron chi connectivity index (χ4n) is 12.0. The second-order valence-corrected chi connectivity index (χ2v) is 22.8. The van der Waals surface area contributed by atoms with Gasteiger partial charge in [-0.25, -0.2) is 24.0 Å². The number of aliphatic hydroxyl groups excluding tert-OH is 1. The van der Waals surface area contributed by atoms with Gasteiger partial charge in [0, 0.05) is 49.4 Å². The lowest BCUT2D eigenvalue weighted by Crippen LogP contribution is -2.82. The highest BCUT2D eigenvalue weighted by Gasteiger charge is 2.79. The zero-order chi connectivity index (χ0) is 63.3. The van der Waals surface area contributed by atoms with Gasteiger partial charge >= 0.3 is 35.9 Å². The molecule has 0 aromatic heterocycles. The monoisotopic (exact) mass is 1200 g/mol. The van der Waals surface area contributed by atoms with E-state index in [0.29, 0.717) is 36.4 Å². The number of ketones is 1. The Morgan fingerprint density at radius 1 is 0.709 bits per heavy atom. The second-order valence-electron chi connectivity index (χ2n) is 22.8. The fourth-order valence-corrected chi connectivity index (χ4v) is 12.0. The third kappa shape index (κ3) is 11.5. The van der Waals surface area contributed by atoms with Crippen molar-refractivity contribution >= 4 is 64.5 Å². The number of nitro groups is 4. The lowest BCUT2D eigenvalue weighted by Gasteiger charge is -2.67. The van der Waals surface area contributed by atoms with E-state index in [0.717, 1.165) is 13.8 Å². The van der Waals surface area contributed by atoms with Gasteiger partial charge in [0.05, 0.1) is 72.5 Å². The van der Waals surface area contributed by atoms with Crippen molar-refractivity contribution in [2.24, 2.45) is 16.7 Å². The van der Waals surface area contributed by atoms with Gasteiger partial charge in [-0.15, -0.1) is 0 Å². The molecule has 2 saturated carbocycles. The van der Waals surface area contributed by atoms with Crippen LogP contribution >= 0.6 is 0 Å². The molecule has 454 valence electrons. The van der Waals surface area contributed by atoms with Crippen LogP contribution in [0.25, 0.3) is 0 Å². The maximum Gasteiger partial charge on any atom is 0.408 e. The average Bonchev–Trinajstić information content (AvgIpc) is 0.674. The number of aliphatic hydroxyl groups is 2. The van der Waals surface area contributed by atoms with Crippen LogP contribution in [-0.4, -0.2) is 132 Å². The highest BCUT2D eigenvalue weighted by atomic mass is 16.7. The van der Waals surface area contributed by atoms with E-state index in [4.69, 9.17) is 33.2 Å². The molecule has 4 aliphatic rings. The molecule has 0 spiro atoms. The largest absolute Gasteiger partial charge is 0.458 e. The standard InChI is InChI=1S/C57H57N5O24/c1-28-38(81-51(69)43(64)42(30-15-11-9-12-16-30)58-52(70)86-53(3,4)5)26-57(71)47(84-48(66)31-17-13-10-14-18-31)45-55(8,46(65)44(41(28)54(57,6)7)83-50(68)33-21-36(61(76)77)24-37(22-33)62(78)79)39(25-40-56(45,27-80-40)85-29(2)63)82-49(67)32-19-34(59(72)73)23-35(20-32)60(74)75/h9-24,38-40,42-45,47,64,71H,25-27H2,1-8H3,(H,58,70)/t38-,39-,40+,42-,43+,44+,45-,47-,55+,56-,57+/m0/s1. The summed E-state index contributed by atoms with van der Waals surface area (Å²) in [7, 11) is 0. The van der Waals surface area contributed by atoms with E-state index in [2.05, 4.69) is 5.32 Å². The number of nitro benzene ring substituents is 4. The molecule has 4 aromatic rings. The first kappa shape index (κ1) is 62.4. The van der Waals surface area contributed by atoms with Crippen molar-refractivity contribution < 1.29 is 96.6 Å². The molecule has 8 rings (SSSR count). The Morgan fingerprint density at radius 2 is 1.20 bits per heavy atom. The van der Waals surface area contributed by atoms with Crippen molar-refractivity contribution in [3.63, 3.8) is 0 Å². The van der Waals surface area contributed by atoms with Crippen LogP contribution in [0.1, 0.15) is 111 Å². The van der Waals surface area contributed by atoms with Gasteiger partial charge in [-0.1, -0.05) is 62.4 Å². The van der Waals surface area contributed by atoms with E-state index in [1.165, 1.54) is 69.3 Å². The van der Waals surface area contributed by atoms with Gasteiger partial charge in [0.15, 0.2) is 23.6 Å². The van der Waals surface area contributed by atoms with Gasteiger partial charge < -0.3 is 48.7 Å². The fraction of sp³-hybridized carbons (Fsp3) is 0.421. The van der Waals surface area contributed by atoms with Crippen LogP contribution < -0.4 is 5.32 Å². The lowest BCUT2D eigenvalue weighted by atomic mass is 9.44. The molecule has 1 saturated heterocycles. The SMILES string of the molecule is CC(=O)O[C@@]12CO[C@@H]1C[C@H](OC(=O)c1cc([N+](=O)[O-])cc([N+](=O)[O-])c1)[C@@]1(C)C(=O)[C@H](OC(=O)c3cc([N+](=O)[O-])cc([N+](=O)[O-])c3)C3=C(C)[C@@H](OC(=O)[C@H](O)[C@@H](NC(=O)OC(C)(C)C)c4ccccc4)C[C@@](O)([C@@H](OC(=O)c4ccccc4)[C@H]21)C3(C)C. The number of esters is 5. The molecule has 0 unspecified atom stereocenters. The number of hydrogen-bond acceptors (Lipinski definition) is 24. The lowest BCUT2D eigenvalue weighted by molar-refractivity contribution is -0.394. The van der Waals surface area contributed by atoms with Gasteiger partial charge in [0.2, 0.25) is 0 Å². The van der Waals surface area contributed by atoms with E-state index in [1.807, 2.05) is 0 Å². The molecule has 3 N–H and O–H groups in total. The van der Waals surface area contributed by atoms with Crippen molar-refractivity contribution in [2.75, 3.05) is 6.61 Å². The Balaban J connectivity index is 1.40. The smallest absolute Gasteiger partial charge is 0.408 e. The maximum absolute atomic E-state index is 16.8. The molecule has 29 nitrogen and oxygen atoms in total. The summed E-state index contributed by atoms with van der Waals surface area (Å²) in [5, 5.41) is 77.1. The number of fused-ring (bicyclic) bond motifs is 5. The first-order valence-electron chi connectivity index (χ1n) is 26.4. The molecule has 3 fully saturated rings. The maximum atomic E-state index is 16.8. The van der Waals surface area contributed by atoms with E-state index >= 15 is 4.79 Å². The third-order valence-electron chi connectivity index (χ3n) is 16.1. The number of carbonyl (C=O) groups is 7. The zero-order valence-electron chi connectivity index (χ0n) is 47.1. The molecule has 4 aromatic carbocycles. The van der Waals surface area contributed by atoms with Crippen LogP contribution in [-0.2, 0) is 47.5 Å². The van der Waals surface area contributed by atoms with Crippen molar-refractivity contribution in [3.8, 4) is 0 Å². The summed E-state index contributed by atoms with van der Waals surface area (Å²) in [5.74, 6) is -10.5. The second kappa shape index (κ2) is 23.1. The highest BCUT2D eigenvalue weighted by molar-refractivity contribution is 5.99. The first-order chi connectivity index (χ1) is 40.1. The molecule has 29 heteroatoms. The van der Waals surface area contributed by atoms with E-state index in [9.17, 15) is 79.4 Å². The Hall–Kier alpha value is -9.61. The first-order valence-corrected chi connectivity index (χ1v) is 26.4. The van der Waals surface area contributed by atoms with Crippen LogP contribution in [0.2, 0.25) is 0 Å². The minimum Gasteiger partial charge on any atom is -0.458 e. The van der Waals surface area contributed by atoms with Crippen molar-refractivity contribution in [1.29, 1.82) is 0 Å². The normalized spacial score (nSPS) is 26.1. The van der Waals surface area contributed by atoms with Crippen molar-refractivity contribution in [3.05, 3.63) is 171 Å². The summed E-state index contributed by atoms with van der Waals surface area (Å²) in [4.78, 5) is 147. The quantitative estimate of drug-likeness (QED) is 0.0348. The topological polar surface area (TPSA) is 409 Å². The third-order valence-corrected chi connectivity index (χ3v) is 16.1. The number of benzene rings is 4. The number of ether oxygens (including phenoxy) is 7. The molecule has 11 atom stereocenters. The highest BCUT2D eigenvalue weighted by Crippen LogP contribution is 2.65. The number of hydrogen-bond donors (Lipinski definition) is 3. The number of amides is 1. The number of carbonyl (C=O) groups excluding carboxylic acids is 7. The minimum atomic E-state index is -2.88. The van der Waals surface area contributed by atoms with E-state index in [-0.39, 0.29) is 16.7 Å². The molecule has 1 aliphatic heterocycles. The molecular weight excluding hydrogens is 1140 g/mol. The predicted molar refractivity (Wildman–Crippen MR) is 289 cm³/mol. The van der Waals surface area contributed by atoms with Crippen LogP contribution in [0, 0.1) is 57.2 Å². The van der Waals surface area contributed by atoms with Gasteiger partial charge in [-0.05, 0) is 63.5 Å². The average molecular weight is 1200 g/mol. The number of alkyl carbamates (subject to hydrolysis) is 1. The zero-order valence-corrected chi connectivity index (χ0v) is 47.1. The number of nitrogens with one attached hydrogen (secondary N) is 1. The van der Waals surface area contributed by atoms with E-state index < -0.39 is 197 Å². The summed E-state index contributed by atoms with van der Waals surface area (Å²) < 4.78 is 42.4. The Labute approximate surface area is 487 Å². The van der Waals surface area contributed by atoms with E-state index in [1.54, 1.807) is 32.9 Å². The summed E-state index contributed by atoms with van der Waals surface area (Å²) in [5.41, 5.74) is -17.4. The Kier molecular flexibility index (Phi) is 16.8. The van der Waals surface area contributed by atoms with Crippen molar-refractivity contribution in [2.45, 2.75) is 128 Å². The summed E-state index contributed by atoms with van der Waals surface area (Å²) in [6.07, 6.45) is -15.3. The Bertz CT molecular complexity index is 3470. The molecule has 2 bridgehead atoms. The molecule has 86 heavy (non-hydrogen) atoms. The summed E-state index contributed by atoms with van der Waals surface area (Å²) in [6, 6.07) is 16.6. The Morgan fingerprint density at radius 3 is 1.66 bits per heavy atom. The molecule has 1 amide bonds. The minimum absolute atomic E-state index is 0.155. The number of non-ortho nitro benzene ring substituents is 4. The summed E-state index contributed by atoms with van der Waals surface area (Å²) in [6.45, 7) is 9.92. The number of nitrogens with zero attached hydrogens (tertiary/aromatic N) is 4. The van der Waals surface area contributed by atoms with Gasteiger partial charge in [0.25, 0.3) is 22.7 Å². The number of rotatable bonds is 16. The predicted octanol–water partition coefficient (Wildman–Crippen LogP) is 6.62. The summed E-state index contributed by atoms with van der Waals surface area (Å²) >= 11 is 0. The van der Waals surface area contributed by atoms with Gasteiger partial charge in [-0.2, -0.15) is 0 Å². The van der Waals surface area contributed by atoms with Crippen LogP contribution in [0.3, 0.4) is 0 Å². The molecular formula is C57H57N5O24. The molecule has 1 heterocycles. The van der Waals surface area contributed by atoms with Gasteiger partial charge in [0.1, 0.15) is 35.6 Å². The molecule has 0 radical (unpaired) electrons. The van der Waals surface area contributed by atoms with Crippen LogP contribution in [0.4, 0.5) is 27.5 Å². The molecule has 3 aliphatic carbocycles. The van der Waals surface area contributed by atoms with Crippen LogP contribution in [0.15, 0.2) is 108 Å². The van der Waals surface area contributed by atoms with Gasteiger partial charge in [-0.3, -0.25) is 50.0 Å². The van der Waals surface area contributed by atoms with Crippen LogP contribution in [0.5, 0.6) is 0 Å².